The van der Waals surface area contributed by atoms with Gasteiger partial charge in [0.05, 0.1) is 11.4 Å². The molecule has 5 aromatic rings. The van der Waals surface area contributed by atoms with Crippen LogP contribution in [-0.4, -0.2) is 25.8 Å². The molecule has 0 unspecified atom stereocenters. The molecule has 0 atom stereocenters. The van der Waals surface area contributed by atoms with E-state index in [9.17, 15) is 9.59 Å². The van der Waals surface area contributed by atoms with E-state index in [2.05, 4.69) is 25.1 Å². The molecule has 0 fully saturated rings. The Kier molecular flexibility index (Phi) is 4.90. The van der Waals surface area contributed by atoms with Crippen LogP contribution in [0.3, 0.4) is 0 Å². The number of nitrogens with one attached hydrogen (secondary N) is 2. The molecule has 3 aromatic heterocycles. The zero-order chi connectivity index (χ0) is 23.3. The third-order valence-corrected chi connectivity index (χ3v) is 5.76. The van der Waals surface area contributed by atoms with Crippen molar-refractivity contribution in [2.45, 2.75) is 13.8 Å². The molecule has 0 aliphatic heterocycles. The Bertz CT molecular complexity index is 1570. The van der Waals surface area contributed by atoms with Gasteiger partial charge in [-0.1, -0.05) is 34.0 Å². The van der Waals surface area contributed by atoms with Gasteiger partial charge in [-0.05, 0) is 49.7 Å². The topological polar surface area (TPSA) is 119 Å². The minimum absolute atomic E-state index is 0.166. The summed E-state index contributed by atoms with van der Waals surface area (Å²) < 4.78 is 11.7. The molecule has 0 saturated heterocycles. The highest BCUT2D eigenvalue weighted by Gasteiger charge is 2.19. The monoisotopic (exact) mass is 463 g/mol. The van der Waals surface area contributed by atoms with Crippen molar-refractivity contribution in [1.29, 1.82) is 0 Å². The predicted octanol–water partition coefficient (Wildman–Crippen LogP) is 4.70. The number of rotatable bonds is 4. The highest BCUT2D eigenvalue weighted by molar-refractivity contribution is 6.31. The summed E-state index contributed by atoms with van der Waals surface area (Å²) in [5.74, 6) is -0.133. The molecule has 1 amide bonds. The highest BCUT2D eigenvalue weighted by Crippen LogP contribution is 2.32. The van der Waals surface area contributed by atoms with Crippen LogP contribution in [0.4, 0.5) is 5.69 Å². The Hall–Kier alpha value is -4.11. The normalized spacial score (nSPS) is 11.3. The number of halogens is 1. The van der Waals surface area contributed by atoms with Crippen molar-refractivity contribution in [1.82, 2.24) is 19.9 Å². The summed E-state index contributed by atoms with van der Waals surface area (Å²) in [4.78, 5) is 27.1. The summed E-state index contributed by atoms with van der Waals surface area (Å²) in [6, 6.07) is 12.6. The van der Waals surface area contributed by atoms with Crippen LogP contribution >= 0.6 is 11.6 Å². The summed E-state index contributed by atoms with van der Waals surface area (Å²) in [5.41, 5.74) is 4.90. The average molecular weight is 464 g/mol. The van der Waals surface area contributed by atoms with Crippen LogP contribution in [0, 0.1) is 13.8 Å². The van der Waals surface area contributed by atoms with Crippen molar-refractivity contribution in [3.8, 4) is 22.5 Å². The second-order valence-corrected chi connectivity index (χ2v) is 8.09. The Morgan fingerprint density at radius 2 is 1.91 bits per heavy atom. The largest absolute Gasteiger partial charge is 0.439 e. The van der Waals surface area contributed by atoms with Crippen molar-refractivity contribution in [3.05, 3.63) is 75.2 Å². The van der Waals surface area contributed by atoms with Crippen molar-refractivity contribution in [3.63, 3.8) is 0 Å². The van der Waals surface area contributed by atoms with E-state index in [1.165, 1.54) is 0 Å². The predicted molar refractivity (Wildman–Crippen MR) is 123 cm³/mol. The number of anilines is 1. The molecule has 2 aromatic carbocycles. The SMILES string of the molecule is Cc1noc(C)c1-c1ccc2cc(C(=O)Nc3ccc(Cl)cc3-c3noc(=O)[nH]3)n(C)c2c1. The molecule has 0 aliphatic rings. The average Bonchev–Trinajstić information content (AvgIpc) is 3.46. The lowest BCUT2D eigenvalue weighted by Crippen LogP contribution is -2.16. The molecule has 0 spiro atoms. The first-order chi connectivity index (χ1) is 15.8. The molecule has 5 rings (SSSR count). The molecule has 10 heteroatoms. The molecule has 0 radical (unpaired) electrons. The van der Waals surface area contributed by atoms with Crippen LogP contribution in [0.1, 0.15) is 21.9 Å². The van der Waals surface area contributed by atoms with Crippen LogP contribution in [-0.2, 0) is 7.05 Å². The number of aromatic nitrogens is 4. The lowest BCUT2D eigenvalue weighted by Gasteiger charge is -2.10. The molecule has 0 bridgehead atoms. The van der Waals surface area contributed by atoms with Crippen LogP contribution in [0.5, 0.6) is 0 Å². The Balaban J connectivity index is 1.52. The van der Waals surface area contributed by atoms with E-state index in [0.717, 1.165) is 33.5 Å². The third kappa shape index (κ3) is 3.62. The fourth-order valence-electron chi connectivity index (χ4n) is 3.95. The Labute approximate surface area is 191 Å². The van der Waals surface area contributed by atoms with Crippen LogP contribution in [0.15, 0.2) is 56.3 Å². The number of fused-ring (bicyclic) bond motifs is 1. The molecule has 9 nitrogen and oxygen atoms in total. The minimum Gasteiger partial charge on any atom is -0.361 e. The Morgan fingerprint density at radius 3 is 2.61 bits per heavy atom. The number of aryl methyl sites for hydroxylation is 3. The van der Waals surface area contributed by atoms with Crippen molar-refractivity contribution >= 4 is 34.1 Å². The Morgan fingerprint density at radius 1 is 1.09 bits per heavy atom. The summed E-state index contributed by atoms with van der Waals surface area (Å²) in [7, 11) is 1.83. The minimum atomic E-state index is -0.704. The molecule has 0 saturated carbocycles. The maximum Gasteiger partial charge on any atom is 0.439 e. The summed E-state index contributed by atoms with van der Waals surface area (Å²) in [5, 5.41) is 11.9. The van der Waals surface area contributed by atoms with E-state index in [1.54, 1.807) is 18.2 Å². The fraction of sp³-hybridized carbons (Fsp3) is 0.130. The molecular weight excluding hydrogens is 446 g/mol. The number of amides is 1. The molecule has 166 valence electrons. The quantitative estimate of drug-likeness (QED) is 0.398. The number of aromatic amines is 1. The van der Waals surface area contributed by atoms with Crippen molar-refractivity contribution < 1.29 is 13.8 Å². The van der Waals surface area contributed by atoms with Gasteiger partial charge in [0.1, 0.15) is 11.5 Å². The fourth-order valence-corrected chi connectivity index (χ4v) is 4.12. The molecule has 2 N–H and O–H groups in total. The van der Waals surface area contributed by atoms with Gasteiger partial charge in [-0.15, -0.1) is 0 Å². The second kappa shape index (κ2) is 7.79. The molecule has 0 aliphatic carbocycles. The lowest BCUT2D eigenvalue weighted by molar-refractivity contribution is 0.102. The van der Waals surface area contributed by atoms with Gasteiger partial charge in [0.25, 0.3) is 5.91 Å². The van der Waals surface area contributed by atoms with Crippen LogP contribution in [0.2, 0.25) is 5.02 Å². The zero-order valence-electron chi connectivity index (χ0n) is 17.9. The van der Waals surface area contributed by atoms with Gasteiger partial charge in [-0.2, -0.15) is 0 Å². The number of carbonyl (C=O) groups excluding carboxylic acids is 1. The third-order valence-electron chi connectivity index (χ3n) is 5.53. The number of H-pyrrole nitrogens is 1. The number of nitrogens with zero attached hydrogens (tertiary/aromatic N) is 3. The van der Waals surface area contributed by atoms with Crippen molar-refractivity contribution in [2.24, 2.45) is 7.05 Å². The summed E-state index contributed by atoms with van der Waals surface area (Å²) in [6.45, 7) is 3.76. The van der Waals surface area contributed by atoms with Gasteiger partial charge in [-0.3, -0.25) is 14.3 Å². The second-order valence-electron chi connectivity index (χ2n) is 7.65. The smallest absolute Gasteiger partial charge is 0.361 e. The lowest BCUT2D eigenvalue weighted by atomic mass is 10.0. The first kappa shape index (κ1) is 20.8. The number of hydrogen-bond acceptors (Lipinski definition) is 6. The van der Waals surface area contributed by atoms with Crippen LogP contribution in [0.25, 0.3) is 33.4 Å². The highest BCUT2D eigenvalue weighted by atomic mass is 35.5. The van der Waals surface area contributed by atoms with E-state index in [-0.39, 0.29) is 11.7 Å². The maximum atomic E-state index is 13.2. The van der Waals surface area contributed by atoms with Crippen LogP contribution < -0.4 is 11.1 Å². The number of hydrogen-bond donors (Lipinski definition) is 2. The van der Waals surface area contributed by atoms with E-state index in [4.69, 9.17) is 16.1 Å². The maximum absolute atomic E-state index is 13.2. The first-order valence-electron chi connectivity index (χ1n) is 10.0. The molecule has 3 heterocycles. The van der Waals surface area contributed by atoms with E-state index < -0.39 is 5.76 Å². The standard InChI is InChI=1S/C23H18ClN5O4/c1-11-20(12(2)32-27-11)14-5-4-13-8-19(29(3)18(13)9-14)22(30)25-17-7-6-15(24)10-16(17)21-26-23(31)33-28-21/h4-10H,1-3H3,(H,25,30)(H,26,28,31). The van der Waals surface area contributed by atoms with E-state index >= 15 is 0 Å². The first-order valence-corrected chi connectivity index (χ1v) is 10.4. The van der Waals surface area contributed by atoms with Gasteiger partial charge in [0.2, 0.25) is 0 Å². The summed E-state index contributed by atoms with van der Waals surface area (Å²) >= 11 is 6.11. The molecule has 33 heavy (non-hydrogen) atoms. The summed E-state index contributed by atoms with van der Waals surface area (Å²) in [6.07, 6.45) is 0. The number of carbonyl (C=O) groups is 1. The van der Waals surface area contributed by atoms with Gasteiger partial charge >= 0.3 is 5.76 Å². The van der Waals surface area contributed by atoms with E-state index in [0.29, 0.717) is 22.0 Å². The van der Waals surface area contributed by atoms with Gasteiger partial charge in [-0.25, -0.2) is 4.79 Å². The van der Waals surface area contributed by atoms with Gasteiger partial charge in [0.15, 0.2) is 5.82 Å². The van der Waals surface area contributed by atoms with Gasteiger partial charge < -0.3 is 14.4 Å². The number of benzene rings is 2. The van der Waals surface area contributed by atoms with E-state index in [1.807, 2.05) is 49.7 Å². The van der Waals surface area contributed by atoms with Crippen molar-refractivity contribution in [2.75, 3.05) is 5.32 Å². The van der Waals surface area contributed by atoms with Gasteiger partial charge in [0, 0.05) is 34.1 Å². The zero-order valence-corrected chi connectivity index (χ0v) is 18.6. The molecular formula is C23H18ClN5O4.